The highest BCUT2D eigenvalue weighted by atomic mass is 127. The molecule has 1 saturated heterocycles. The maximum atomic E-state index is 12.4. The second-order valence-corrected chi connectivity index (χ2v) is 12.3. The molecule has 2 heterocycles. The zero-order valence-corrected chi connectivity index (χ0v) is 17.6. The van der Waals surface area contributed by atoms with Crippen LogP contribution in [-0.4, -0.2) is 43.0 Å². The van der Waals surface area contributed by atoms with Gasteiger partial charge in [-0.05, 0) is 24.6 Å². The molecule has 0 bridgehead atoms. The first-order valence-corrected chi connectivity index (χ1v) is 10.5. The van der Waals surface area contributed by atoms with Crippen molar-refractivity contribution in [3.8, 4) is 0 Å². The summed E-state index contributed by atoms with van der Waals surface area (Å²) in [7, 11) is 0.155. The molecule has 1 amide bonds. The molecule has 2 rings (SSSR count). The lowest BCUT2D eigenvalue weighted by molar-refractivity contribution is -0.670. The van der Waals surface area contributed by atoms with Gasteiger partial charge in [0.2, 0.25) is 0 Å². The van der Waals surface area contributed by atoms with Crippen LogP contribution in [0, 0.1) is 0 Å². The molecule has 7 heteroatoms. The topological polar surface area (TPSA) is 38.3 Å². The first kappa shape index (κ1) is 19.6. The number of hydrogen-bond acceptors (Lipinski definition) is 2. The Morgan fingerprint density at radius 1 is 1.36 bits per heavy atom. The number of rotatable bonds is 2. The summed E-state index contributed by atoms with van der Waals surface area (Å²) in [6.07, 6.45) is 6.58. The van der Waals surface area contributed by atoms with Crippen molar-refractivity contribution in [3.05, 3.63) is 18.7 Å². The summed E-state index contributed by atoms with van der Waals surface area (Å²) in [5, 5.41) is 0.207. The summed E-state index contributed by atoms with van der Waals surface area (Å²) >= 11 is 0. The van der Waals surface area contributed by atoms with Crippen molar-refractivity contribution < 1.29 is 37.8 Å². The van der Waals surface area contributed by atoms with Crippen molar-refractivity contribution in [3.63, 3.8) is 0 Å². The highest BCUT2D eigenvalue weighted by Gasteiger charge is 2.41. The van der Waals surface area contributed by atoms with Gasteiger partial charge in [-0.15, -0.1) is 0 Å². The quantitative estimate of drug-likeness (QED) is 0.352. The molecule has 1 aliphatic heterocycles. The Kier molecular flexibility index (Phi) is 6.25. The number of carbonyl (C=O) groups excluding carboxylic acids is 1. The highest BCUT2D eigenvalue weighted by molar-refractivity contribution is 6.74. The van der Waals surface area contributed by atoms with Crippen molar-refractivity contribution in [2.45, 2.75) is 51.4 Å². The molecule has 5 nitrogen and oxygen atoms in total. The number of amides is 1. The fourth-order valence-corrected chi connectivity index (χ4v) is 3.70. The number of likely N-dealkylation sites (tertiary alicyclic amines) is 1. The Morgan fingerprint density at radius 2 is 2.00 bits per heavy atom. The van der Waals surface area contributed by atoms with Gasteiger partial charge in [0.05, 0.1) is 13.2 Å². The van der Waals surface area contributed by atoms with E-state index in [4.69, 9.17) is 4.43 Å². The maximum Gasteiger partial charge on any atom is 0.415 e. The third-order valence-corrected chi connectivity index (χ3v) is 9.21. The molecule has 0 unspecified atom stereocenters. The standard InChI is InChI=1S/C15H28N3O2Si.HI/c1-15(2,3)21(5,6)20-13-7-8-17(11-13)14(19)18-10-9-16(4)12-18;/h9-10,12-13H,7-8,11H2,1-6H3;1H/q+1;/p-1/t13-;/m1./s1. The zero-order chi connectivity index (χ0) is 15.8. The van der Waals surface area contributed by atoms with Crippen LogP contribution >= 0.6 is 0 Å². The molecule has 0 N–H and O–H groups in total. The van der Waals surface area contributed by atoms with Gasteiger partial charge in [0.25, 0.3) is 6.33 Å². The molecule has 0 aromatic carbocycles. The average Bonchev–Trinajstić information content (AvgIpc) is 2.95. The minimum Gasteiger partial charge on any atom is -1.00 e. The van der Waals surface area contributed by atoms with Gasteiger partial charge in [0.1, 0.15) is 12.4 Å². The van der Waals surface area contributed by atoms with Crippen LogP contribution in [0.25, 0.3) is 0 Å². The van der Waals surface area contributed by atoms with E-state index in [-0.39, 0.29) is 41.1 Å². The van der Waals surface area contributed by atoms with Gasteiger partial charge in [-0.2, -0.15) is 4.57 Å². The molecule has 0 spiro atoms. The molecular weight excluding hydrogens is 409 g/mol. The third-order valence-electron chi connectivity index (χ3n) is 4.67. The van der Waals surface area contributed by atoms with Gasteiger partial charge in [-0.1, -0.05) is 20.8 Å². The SMILES string of the molecule is C[n+]1ccn(C(=O)N2CC[C@@H](O[Si](C)(C)C(C)(C)C)C2)c1.[I-]. The second-order valence-electron chi connectivity index (χ2n) is 7.50. The van der Waals surface area contributed by atoms with E-state index in [2.05, 4.69) is 33.9 Å². The average molecular weight is 437 g/mol. The van der Waals surface area contributed by atoms with Crippen LogP contribution in [0.1, 0.15) is 27.2 Å². The minimum atomic E-state index is -1.76. The normalized spacial score (nSPS) is 19.2. The molecule has 1 fully saturated rings. The Labute approximate surface area is 151 Å². The Morgan fingerprint density at radius 3 is 2.50 bits per heavy atom. The molecule has 1 aromatic rings. The molecular formula is C15H28IN3O2Si. The van der Waals surface area contributed by atoms with E-state index in [1.165, 1.54) is 0 Å². The molecule has 1 aliphatic rings. The lowest BCUT2D eigenvalue weighted by atomic mass is 10.2. The molecule has 126 valence electrons. The van der Waals surface area contributed by atoms with Crippen LogP contribution in [-0.2, 0) is 11.5 Å². The van der Waals surface area contributed by atoms with Crippen LogP contribution in [0.3, 0.4) is 0 Å². The van der Waals surface area contributed by atoms with Crippen LogP contribution < -0.4 is 28.5 Å². The Bertz CT molecular complexity index is 525. The van der Waals surface area contributed by atoms with Crippen LogP contribution in [0.4, 0.5) is 4.79 Å². The third kappa shape index (κ3) is 4.32. The summed E-state index contributed by atoms with van der Waals surface area (Å²) in [4.78, 5) is 14.3. The van der Waals surface area contributed by atoms with Gasteiger partial charge < -0.3 is 33.3 Å². The predicted octanol–water partition coefficient (Wildman–Crippen LogP) is -0.619. The minimum absolute atomic E-state index is 0. The lowest BCUT2D eigenvalue weighted by Gasteiger charge is -2.38. The number of nitrogens with zero attached hydrogens (tertiary/aromatic N) is 3. The zero-order valence-electron chi connectivity index (χ0n) is 14.5. The number of aromatic nitrogens is 2. The smallest absolute Gasteiger partial charge is 0.415 e. The molecule has 22 heavy (non-hydrogen) atoms. The van der Waals surface area contributed by atoms with Gasteiger partial charge in [0, 0.05) is 13.1 Å². The van der Waals surface area contributed by atoms with Crippen molar-refractivity contribution in [2.75, 3.05) is 13.1 Å². The summed E-state index contributed by atoms with van der Waals surface area (Å²) in [5.41, 5.74) is 0. The van der Waals surface area contributed by atoms with Gasteiger partial charge in [-0.3, -0.25) is 0 Å². The van der Waals surface area contributed by atoms with E-state index in [1.807, 2.05) is 22.7 Å². The number of hydrogen-bond donors (Lipinski definition) is 0. The number of halogens is 1. The largest absolute Gasteiger partial charge is 1.00 e. The van der Waals surface area contributed by atoms with Crippen molar-refractivity contribution in [1.29, 1.82) is 0 Å². The second kappa shape index (κ2) is 7.00. The highest BCUT2D eigenvalue weighted by Crippen LogP contribution is 2.38. The van der Waals surface area contributed by atoms with E-state index < -0.39 is 8.32 Å². The lowest BCUT2D eigenvalue weighted by Crippen LogP contribution is -3.00. The van der Waals surface area contributed by atoms with E-state index in [0.717, 1.165) is 13.0 Å². The van der Waals surface area contributed by atoms with E-state index in [9.17, 15) is 4.79 Å². The molecule has 1 aromatic heterocycles. The monoisotopic (exact) mass is 437 g/mol. The van der Waals surface area contributed by atoms with Gasteiger partial charge in [0.15, 0.2) is 8.32 Å². The van der Waals surface area contributed by atoms with Gasteiger partial charge >= 0.3 is 6.03 Å². The number of aryl methyl sites for hydroxylation is 1. The molecule has 0 aliphatic carbocycles. The molecule has 0 saturated carbocycles. The predicted molar refractivity (Wildman–Crippen MR) is 84.7 cm³/mol. The van der Waals surface area contributed by atoms with E-state index >= 15 is 0 Å². The number of carbonyl (C=O) groups is 1. The Balaban J connectivity index is 0.00000242. The summed E-state index contributed by atoms with van der Waals surface area (Å²) < 4.78 is 9.92. The summed E-state index contributed by atoms with van der Waals surface area (Å²) in [6, 6.07) is 0.0388. The Hall–Kier alpha value is -0.413. The number of imidazole rings is 1. The fourth-order valence-electron chi connectivity index (χ4n) is 2.32. The maximum absolute atomic E-state index is 12.4. The van der Waals surface area contributed by atoms with Crippen LogP contribution in [0.5, 0.6) is 0 Å². The summed E-state index contributed by atoms with van der Waals surface area (Å²) in [6.45, 7) is 12.8. The fraction of sp³-hybridized carbons (Fsp3) is 0.733. The van der Waals surface area contributed by atoms with Crippen LogP contribution in [0.2, 0.25) is 18.1 Å². The molecule has 0 radical (unpaired) electrons. The van der Waals surface area contributed by atoms with Crippen LogP contribution in [0.15, 0.2) is 18.7 Å². The molecule has 1 atom stereocenters. The van der Waals surface area contributed by atoms with Gasteiger partial charge in [-0.25, -0.2) is 9.36 Å². The summed E-state index contributed by atoms with van der Waals surface area (Å²) in [5.74, 6) is 0. The first-order valence-electron chi connectivity index (χ1n) is 7.60. The van der Waals surface area contributed by atoms with Crippen molar-refractivity contribution >= 4 is 14.3 Å². The first-order chi connectivity index (χ1) is 9.60. The van der Waals surface area contributed by atoms with Crippen molar-refractivity contribution in [2.24, 2.45) is 7.05 Å². The van der Waals surface area contributed by atoms with E-state index in [0.29, 0.717) is 6.54 Å². The van der Waals surface area contributed by atoms with Crippen molar-refractivity contribution in [1.82, 2.24) is 9.47 Å². The van der Waals surface area contributed by atoms with E-state index in [1.54, 1.807) is 17.1 Å².